The molecular formula is C22H10Cl4. The van der Waals surface area contributed by atoms with Crippen molar-refractivity contribution in [2.24, 2.45) is 0 Å². The summed E-state index contributed by atoms with van der Waals surface area (Å²) < 4.78 is 0. The fraction of sp³-hybridized carbons (Fsp3) is 0. The van der Waals surface area contributed by atoms with Gasteiger partial charge in [0.15, 0.2) is 0 Å². The van der Waals surface area contributed by atoms with Crippen LogP contribution in [0.5, 0.6) is 0 Å². The van der Waals surface area contributed by atoms with Crippen molar-refractivity contribution in [2.75, 3.05) is 0 Å². The lowest BCUT2D eigenvalue weighted by Crippen LogP contribution is -1.74. The largest absolute Gasteiger partial charge is 0.0822 e. The van der Waals surface area contributed by atoms with Gasteiger partial charge in [0.25, 0.3) is 0 Å². The Kier molecular flexibility index (Phi) is 4.74. The van der Waals surface area contributed by atoms with Gasteiger partial charge in [-0.3, -0.25) is 0 Å². The van der Waals surface area contributed by atoms with E-state index in [2.05, 4.69) is 11.8 Å². The zero-order valence-corrected chi connectivity index (χ0v) is 16.3. The molecule has 0 saturated heterocycles. The molecule has 26 heavy (non-hydrogen) atoms. The third kappa shape index (κ3) is 2.82. The van der Waals surface area contributed by atoms with Crippen LogP contribution in [0.1, 0.15) is 11.1 Å². The van der Waals surface area contributed by atoms with E-state index in [0.29, 0.717) is 31.2 Å². The van der Waals surface area contributed by atoms with Crippen molar-refractivity contribution in [3.63, 3.8) is 0 Å². The molecule has 0 N–H and O–H groups in total. The summed E-state index contributed by atoms with van der Waals surface area (Å²) in [5.41, 5.74) is 4.62. The molecule has 0 nitrogen and oxygen atoms in total. The zero-order valence-electron chi connectivity index (χ0n) is 13.3. The van der Waals surface area contributed by atoms with Crippen molar-refractivity contribution in [2.45, 2.75) is 0 Å². The highest BCUT2D eigenvalue weighted by Gasteiger charge is 2.21. The lowest BCUT2D eigenvalue weighted by Gasteiger charge is -1.91. The van der Waals surface area contributed by atoms with Gasteiger partial charge >= 0.3 is 0 Å². The lowest BCUT2D eigenvalue weighted by molar-refractivity contribution is 1.78. The van der Waals surface area contributed by atoms with Gasteiger partial charge in [0.2, 0.25) is 0 Å². The van der Waals surface area contributed by atoms with Crippen LogP contribution in [0.15, 0.2) is 60.7 Å². The quantitative estimate of drug-likeness (QED) is 0.256. The molecule has 0 bridgehead atoms. The van der Waals surface area contributed by atoms with E-state index < -0.39 is 0 Å². The highest BCUT2D eigenvalue weighted by Crippen LogP contribution is 2.44. The summed E-state index contributed by atoms with van der Waals surface area (Å²) in [6.07, 6.45) is 0. The van der Waals surface area contributed by atoms with Crippen LogP contribution >= 0.6 is 46.4 Å². The topological polar surface area (TPSA) is 0 Å². The molecule has 0 amide bonds. The van der Waals surface area contributed by atoms with Gasteiger partial charge in [0.1, 0.15) is 0 Å². The van der Waals surface area contributed by atoms with Gasteiger partial charge in [-0.25, -0.2) is 0 Å². The Hall–Kier alpha value is -1.88. The van der Waals surface area contributed by atoms with Gasteiger partial charge in [0, 0.05) is 22.3 Å². The molecule has 0 unspecified atom stereocenters. The van der Waals surface area contributed by atoms with E-state index in [1.807, 2.05) is 60.7 Å². The molecule has 126 valence electrons. The molecule has 0 saturated carbocycles. The van der Waals surface area contributed by atoms with Crippen LogP contribution in [0.4, 0.5) is 0 Å². The Morgan fingerprint density at radius 2 is 0.692 bits per heavy atom. The minimum absolute atomic E-state index is 0.531. The summed E-state index contributed by atoms with van der Waals surface area (Å²) in [5, 5.41) is 2.12. The molecule has 0 fully saturated rings. The van der Waals surface area contributed by atoms with E-state index in [1.165, 1.54) is 0 Å². The number of hydrogen-bond acceptors (Lipinski definition) is 0. The van der Waals surface area contributed by atoms with Gasteiger partial charge in [-0.2, -0.15) is 0 Å². The maximum Gasteiger partial charge on any atom is 0.0656 e. The first-order chi connectivity index (χ1) is 12.6. The summed E-state index contributed by atoms with van der Waals surface area (Å²) in [6, 6.07) is 19.2. The molecular weight excluding hydrogens is 406 g/mol. The van der Waals surface area contributed by atoms with E-state index in [9.17, 15) is 0 Å². The Balaban J connectivity index is 1.91. The normalized spacial score (nSPS) is 10.8. The number of rotatable bonds is 0. The second-order valence-electron chi connectivity index (χ2n) is 5.73. The van der Waals surface area contributed by atoms with Crippen molar-refractivity contribution < 1.29 is 0 Å². The van der Waals surface area contributed by atoms with Crippen LogP contribution in [0.3, 0.4) is 0 Å². The maximum atomic E-state index is 6.51. The Morgan fingerprint density at radius 1 is 0.423 bits per heavy atom. The third-order valence-electron chi connectivity index (χ3n) is 4.21. The molecule has 0 heterocycles. The van der Waals surface area contributed by atoms with Crippen molar-refractivity contribution in [1.82, 2.24) is 0 Å². The second kappa shape index (κ2) is 7.03. The standard InChI is InChI=1S/C22H10Cl4/c23-19-13-7-3-1-4-8-14(13)20(24)17(19)11-12-18-21(25)15-9-5-2-6-10-16(15)22(18)26/h1-10H. The fourth-order valence-electron chi connectivity index (χ4n) is 2.94. The predicted molar refractivity (Wildman–Crippen MR) is 112 cm³/mol. The van der Waals surface area contributed by atoms with E-state index in [-0.39, 0.29) is 0 Å². The SMILES string of the molecule is Clc1c2cccccc-2c(Cl)c1C#Cc1c(Cl)c2cccccc-2c1Cl. The Labute approximate surface area is 172 Å². The molecule has 4 aliphatic carbocycles. The monoisotopic (exact) mass is 414 g/mol. The van der Waals surface area contributed by atoms with Crippen LogP contribution < -0.4 is 0 Å². The molecule has 4 heteroatoms. The van der Waals surface area contributed by atoms with Crippen LogP contribution in [0.2, 0.25) is 20.1 Å². The van der Waals surface area contributed by atoms with E-state index >= 15 is 0 Å². The van der Waals surface area contributed by atoms with Gasteiger partial charge in [-0.05, 0) is 0 Å². The first kappa shape index (κ1) is 17.5. The molecule has 0 spiro atoms. The highest BCUT2D eigenvalue weighted by molar-refractivity contribution is 6.43. The van der Waals surface area contributed by atoms with Gasteiger partial charge in [-0.1, -0.05) is 119 Å². The third-order valence-corrected chi connectivity index (χ3v) is 5.78. The summed E-state index contributed by atoms with van der Waals surface area (Å²) in [5.74, 6) is 6.13. The molecule has 4 rings (SSSR count). The van der Waals surface area contributed by atoms with E-state index in [0.717, 1.165) is 22.3 Å². The molecule has 0 atom stereocenters. The highest BCUT2D eigenvalue weighted by atomic mass is 35.5. The molecule has 0 aromatic heterocycles. The first-order valence-electron chi connectivity index (χ1n) is 7.83. The number of hydrogen-bond donors (Lipinski definition) is 0. The van der Waals surface area contributed by atoms with Crippen molar-refractivity contribution in [1.29, 1.82) is 0 Å². The lowest BCUT2D eigenvalue weighted by atomic mass is 10.2. The summed E-state index contributed by atoms with van der Waals surface area (Å²) in [4.78, 5) is 0. The van der Waals surface area contributed by atoms with Gasteiger partial charge in [0.05, 0.1) is 31.2 Å². The van der Waals surface area contributed by atoms with Gasteiger partial charge < -0.3 is 0 Å². The van der Waals surface area contributed by atoms with Crippen LogP contribution in [0, 0.1) is 11.8 Å². The Bertz CT molecular complexity index is 973. The van der Waals surface area contributed by atoms with Gasteiger partial charge in [-0.15, -0.1) is 0 Å². The molecule has 0 aromatic rings. The van der Waals surface area contributed by atoms with Crippen molar-refractivity contribution >= 4 is 46.4 Å². The van der Waals surface area contributed by atoms with Crippen LogP contribution in [0.25, 0.3) is 22.3 Å². The van der Waals surface area contributed by atoms with Crippen LogP contribution in [-0.2, 0) is 0 Å². The zero-order chi connectivity index (χ0) is 18.3. The molecule has 0 aromatic carbocycles. The summed E-state index contributed by atoms with van der Waals surface area (Å²) in [6.45, 7) is 0. The predicted octanol–water partition coefficient (Wildman–Crippen LogP) is 7.91. The fourth-order valence-corrected chi connectivity index (χ4v) is 4.26. The smallest absolute Gasteiger partial charge is 0.0656 e. The van der Waals surface area contributed by atoms with Crippen molar-refractivity contribution in [3.05, 3.63) is 91.9 Å². The van der Waals surface area contributed by atoms with E-state index in [4.69, 9.17) is 46.4 Å². The minimum Gasteiger partial charge on any atom is -0.0822 e. The summed E-state index contributed by atoms with van der Waals surface area (Å²) in [7, 11) is 0. The molecule has 4 aliphatic rings. The second-order valence-corrected chi connectivity index (χ2v) is 7.24. The average molecular weight is 416 g/mol. The number of halogens is 4. The average Bonchev–Trinajstić information content (AvgIpc) is 2.93. The molecule has 0 aliphatic heterocycles. The first-order valence-corrected chi connectivity index (χ1v) is 9.34. The number of fused-ring (bicyclic) bond motifs is 2. The van der Waals surface area contributed by atoms with E-state index in [1.54, 1.807) is 0 Å². The minimum atomic E-state index is 0.531. The Morgan fingerprint density at radius 3 is 0.962 bits per heavy atom. The van der Waals surface area contributed by atoms with Crippen molar-refractivity contribution in [3.8, 4) is 34.1 Å². The molecule has 0 radical (unpaired) electrons. The van der Waals surface area contributed by atoms with Crippen LogP contribution in [-0.4, -0.2) is 0 Å². The summed E-state index contributed by atoms with van der Waals surface area (Å²) >= 11 is 26.0. The maximum absolute atomic E-state index is 6.51.